The van der Waals surface area contributed by atoms with Crippen LogP contribution in [0.3, 0.4) is 0 Å². The van der Waals surface area contributed by atoms with E-state index in [1.54, 1.807) is 24.3 Å². The Morgan fingerprint density at radius 1 is 1.29 bits per heavy atom. The molecule has 0 saturated heterocycles. The maximum Gasteiger partial charge on any atom is 0.258 e. The third-order valence-electron chi connectivity index (χ3n) is 2.58. The van der Waals surface area contributed by atoms with Crippen molar-refractivity contribution in [1.82, 2.24) is 4.98 Å². The van der Waals surface area contributed by atoms with E-state index >= 15 is 0 Å². The molecule has 1 heterocycles. The first-order valence-corrected chi connectivity index (χ1v) is 6.73. The second kappa shape index (κ2) is 6.54. The molecule has 21 heavy (non-hydrogen) atoms. The molecule has 4 nitrogen and oxygen atoms in total. The highest BCUT2D eigenvalue weighted by Crippen LogP contribution is 2.19. The van der Waals surface area contributed by atoms with Crippen molar-refractivity contribution < 1.29 is 13.9 Å². The normalized spacial score (nSPS) is 10.5. The van der Waals surface area contributed by atoms with Crippen LogP contribution in [0.25, 0.3) is 0 Å². The van der Waals surface area contributed by atoms with Crippen LogP contribution < -0.4 is 10.1 Å². The highest BCUT2D eigenvalue weighted by Gasteiger charge is 2.15. The fraction of sp³-hybridized carbons (Fsp3) is 0.200. The van der Waals surface area contributed by atoms with Crippen LogP contribution in [0.1, 0.15) is 24.2 Å². The minimum atomic E-state index is -0.837. The molecule has 0 aliphatic carbocycles. The summed E-state index contributed by atoms with van der Waals surface area (Å²) in [6.07, 6.45) is 1.35. The molecule has 0 aliphatic heterocycles. The lowest BCUT2D eigenvalue weighted by atomic mass is 10.2. The van der Waals surface area contributed by atoms with E-state index in [0.29, 0.717) is 11.4 Å². The first kappa shape index (κ1) is 15.3. The molecule has 2 aromatic rings. The Kier molecular flexibility index (Phi) is 4.75. The third-order valence-corrected chi connectivity index (χ3v) is 2.84. The van der Waals surface area contributed by atoms with Crippen molar-refractivity contribution >= 4 is 23.2 Å². The number of nitrogens with zero attached hydrogens (tertiary/aromatic N) is 1. The van der Waals surface area contributed by atoms with Gasteiger partial charge in [0, 0.05) is 11.9 Å². The number of nitrogens with one attached hydrogen (secondary N) is 1. The summed E-state index contributed by atoms with van der Waals surface area (Å²) in [5.41, 5.74) is 0.376. The molecule has 0 fully saturated rings. The molecule has 0 saturated carbocycles. The summed E-state index contributed by atoms with van der Waals surface area (Å²) in [5, 5.41) is 2.26. The van der Waals surface area contributed by atoms with E-state index in [4.69, 9.17) is 16.3 Å². The molecule has 1 aromatic heterocycles. The maximum absolute atomic E-state index is 13.7. The van der Waals surface area contributed by atoms with Gasteiger partial charge in [-0.15, -0.1) is 0 Å². The quantitative estimate of drug-likeness (QED) is 0.871. The molecular weight excluding hydrogens is 295 g/mol. The Balaban J connectivity index is 2.11. The fourth-order valence-corrected chi connectivity index (χ4v) is 1.84. The lowest BCUT2D eigenvalue weighted by Gasteiger charge is -2.11. The lowest BCUT2D eigenvalue weighted by Crippen LogP contribution is -2.14. The number of ether oxygens (including phenoxy) is 1. The molecule has 0 radical (unpaired) electrons. The summed E-state index contributed by atoms with van der Waals surface area (Å²) >= 11 is 5.55. The molecule has 1 aromatic carbocycles. The monoisotopic (exact) mass is 308 g/mol. The predicted molar refractivity (Wildman–Crippen MR) is 79.4 cm³/mol. The van der Waals surface area contributed by atoms with Gasteiger partial charge < -0.3 is 10.1 Å². The van der Waals surface area contributed by atoms with E-state index in [0.717, 1.165) is 0 Å². The van der Waals surface area contributed by atoms with Crippen LogP contribution in [0, 0.1) is 5.82 Å². The summed E-state index contributed by atoms with van der Waals surface area (Å²) < 4.78 is 19.2. The van der Waals surface area contributed by atoms with E-state index < -0.39 is 11.7 Å². The second-order valence-electron chi connectivity index (χ2n) is 4.61. The Morgan fingerprint density at radius 3 is 2.57 bits per heavy atom. The number of rotatable bonds is 4. The number of carbonyl (C=O) groups is 1. The predicted octanol–water partition coefficient (Wildman–Crippen LogP) is 3.91. The van der Waals surface area contributed by atoms with Gasteiger partial charge in [-0.25, -0.2) is 9.37 Å². The van der Waals surface area contributed by atoms with Crippen LogP contribution in [0.5, 0.6) is 5.75 Å². The first-order valence-electron chi connectivity index (χ1n) is 6.35. The van der Waals surface area contributed by atoms with E-state index in [9.17, 15) is 9.18 Å². The zero-order valence-corrected chi connectivity index (χ0v) is 12.3. The molecular formula is C15H14ClFN2O2. The number of hydrogen-bond acceptors (Lipinski definition) is 3. The van der Waals surface area contributed by atoms with Gasteiger partial charge in [-0.05, 0) is 44.2 Å². The number of halogens is 2. The van der Waals surface area contributed by atoms with Gasteiger partial charge in [-0.2, -0.15) is 0 Å². The summed E-state index contributed by atoms with van der Waals surface area (Å²) in [6, 6.07) is 8.08. The average molecular weight is 309 g/mol. The highest BCUT2D eigenvalue weighted by atomic mass is 35.5. The molecule has 2 rings (SSSR count). The Hall–Kier alpha value is -2.14. The molecule has 1 N–H and O–H groups in total. The third kappa shape index (κ3) is 3.92. The van der Waals surface area contributed by atoms with Crippen LogP contribution >= 0.6 is 11.6 Å². The number of carbonyl (C=O) groups excluding carboxylic acids is 1. The lowest BCUT2D eigenvalue weighted by molar-refractivity contribution is 0.102. The van der Waals surface area contributed by atoms with Crippen molar-refractivity contribution in [2.24, 2.45) is 0 Å². The van der Waals surface area contributed by atoms with Gasteiger partial charge in [0.2, 0.25) is 0 Å². The van der Waals surface area contributed by atoms with Crippen molar-refractivity contribution in [2.45, 2.75) is 20.0 Å². The Morgan fingerprint density at radius 2 is 1.95 bits per heavy atom. The highest BCUT2D eigenvalue weighted by molar-refractivity contribution is 6.30. The van der Waals surface area contributed by atoms with Gasteiger partial charge in [-0.1, -0.05) is 11.6 Å². The largest absolute Gasteiger partial charge is 0.491 e. The van der Waals surface area contributed by atoms with E-state index in [2.05, 4.69) is 10.3 Å². The first-order chi connectivity index (χ1) is 9.97. The fourth-order valence-electron chi connectivity index (χ4n) is 1.68. The van der Waals surface area contributed by atoms with Crippen molar-refractivity contribution in [3.8, 4) is 5.75 Å². The van der Waals surface area contributed by atoms with Crippen LogP contribution in [0.2, 0.25) is 5.15 Å². The summed E-state index contributed by atoms with van der Waals surface area (Å²) in [6.45, 7) is 3.84. The minimum Gasteiger partial charge on any atom is -0.491 e. The molecule has 0 spiro atoms. The van der Waals surface area contributed by atoms with Crippen LogP contribution in [0.4, 0.5) is 10.1 Å². The SMILES string of the molecule is CC(C)Oc1ccc(NC(=O)c2ccnc(Cl)c2F)cc1. The average Bonchev–Trinajstić information content (AvgIpc) is 2.43. The van der Waals surface area contributed by atoms with Gasteiger partial charge >= 0.3 is 0 Å². The van der Waals surface area contributed by atoms with Crippen molar-refractivity contribution in [3.63, 3.8) is 0 Å². The number of anilines is 1. The Labute approximate surface area is 126 Å². The van der Waals surface area contributed by atoms with Gasteiger partial charge in [0.1, 0.15) is 5.75 Å². The minimum absolute atomic E-state index is 0.0681. The maximum atomic E-state index is 13.7. The van der Waals surface area contributed by atoms with Gasteiger partial charge in [0.15, 0.2) is 11.0 Å². The zero-order chi connectivity index (χ0) is 15.4. The number of benzene rings is 1. The molecule has 110 valence electrons. The Bertz CT molecular complexity index is 645. The number of aromatic nitrogens is 1. The van der Waals surface area contributed by atoms with Crippen molar-refractivity contribution in [2.75, 3.05) is 5.32 Å². The molecule has 0 aliphatic rings. The molecule has 6 heteroatoms. The van der Waals surface area contributed by atoms with Crippen molar-refractivity contribution in [1.29, 1.82) is 0 Å². The summed E-state index contributed by atoms with van der Waals surface area (Å²) in [4.78, 5) is 15.5. The molecule has 0 bridgehead atoms. The summed E-state index contributed by atoms with van der Waals surface area (Å²) in [7, 11) is 0. The van der Waals surface area contributed by atoms with Gasteiger partial charge in [-0.3, -0.25) is 4.79 Å². The summed E-state index contributed by atoms with van der Waals surface area (Å²) in [5.74, 6) is -0.730. The molecule has 0 atom stereocenters. The van der Waals surface area contributed by atoms with Crippen LogP contribution in [0.15, 0.2) is 36.5 Å². The molecule has 0 unspecified atom stereocenters. The van der Waals surface area contributed by atoms with Crippen LogP contribution in [-0.2, 0) is 0 Å². The second-order valence-corrected chi connectivity index (χ2v) is 4.97. The van der Waals surface area contributed by atoms with Gasteiger partial charge in [0.05, 0.1) is 11.7 Å². The standard InChI is InChI=1S/C15H14ClFN2O2/c1-9(2)21-11-5-3-10(4-6-11)19-15(20)12-7-8-18-14(16)13(12)17/h3-9H,1-2H3,(H,19,20). The number of pyridine rings is 1. The van der Waals surface area contributed by atoms with Crippen molar-refractivity contribution in [3.05, 3.63) is 53.1 Å². The topological polar surface area (TPSA) is 51.2 Å². The molecule has 1 amide bonds. The number of amides is 1. The van der Waals surface area contributed by atoms with E-state index in [1.165, 1.54) is 12.3 Å². The van der Waals surface area contributed by atoms with Gasteiger partial charge in [0.25, 0.3) is 5.91 Å². The van der Waals surface area contributed by atoms with Crippen LogP contribution in [-0.4, -0.2) is 17.0 Å². The zero-order valence-electron chi connectivity index (χ0n) is 11.6. The van der Waals surface area contributed by atoms with E-state index in [1.807, 2.05) is 13.8 Å². The van der Waals surface area contributed by atoms with E-state index in [-0.39, 0.29) is 16.8 Å². The number of hydrogen-bond donors (Lipinski definition) is 1. The smallest absolute Gasteiger partial charge is 0.258 e.